The predicted octanol–water partition coefficient (Wildman–Crippen LogP) is 2.54. The van der Waals surface area contributed by atoms with Crippen molar-refractivity contribution in [1.29, 1.82) is 0 Å². The van der Waals surface area contributed by atoms with Crippen molar-refractivity contribution in [3.05, 3.63) is 57.1 Å². The Morgan fingerprint density at radius 2 is 1.96 bits per heavy atom. The van der Waals surface area contributed by atoms with Gasteiger partial charge in [0.1, 0.15) is 10.6 Å². The molecule has 2 N–H and O–H groups in total. The Bertz CT molecular complexity index is 917. The van der Waals surface area contributed by atoms with E-state index in [0.29, 0.717) is 10.8 Å². The molecule has 2 aromatic carbocycles. The standard InChI is InChI=1S/C15H16ClN3O5S/c1-18(9-10-7-11(16)3-6-14(10)24-2)13-5-4-12(19(20)21)8-15(13)25(17,22)23/h3-8H,9H2,1-2H3,(H2,17,22,23). The molecule has 0 aromatic heterocycles. The fraction of sp³-hybridized carbons (Fsp3) is 0.200. The van der Waals surface area contributed by atoms with Crippen LogP contribution in [-0.2, 0) is 16.6 Å². The first-order valence-electron chi connectivity index (χ1n) is 6.98. The van der Waals surface area contributed by atoms with Gasteiger partial charge in [0.2, 0.25) is 10.0 Å². The summed E-state index contributed by atoms with van der Waals surface area (Å²) in [6.07, 6.45) is 0. The average molecular weight is 386 g/mol. The molecule has 2 rings (SSSR count). The van der Waals surface area contributed by atoms with Gasteiger partial charge in [-0.05, 0) is 24.3 Å². The van der Waals surface area contributed by atoms with Gasteiger partial charge in [-0.2, -0.15) is 0 Å². The van der Waals surface area contributed by atoms with E-state index in [9.17, 15) is 18.5 Å². The number of rotatable bonds is 6. The van der Waals surface area contributed by atoms with Crippen LogP contribution in [-0.4, -0.2) is 27.5 Å². The molecule has 0 heterocycles. The molecule has 0 aliphatic rings. The zero-order valence-electron chi connectivity index (χ0n) is 13.5. The first kappa shape index (κ1) is 19.0. The number of hydrogen-bond donors (Lipinski definition) is 1. The van der Waals surface area contributed by atoms with Gasteiger partial charge in [0.15, 0.2) is 0 Å². The van der Waals surface area contributed by atoms with Gasteiger partial charge in [0.25, 0.3) is 5.69 Å². The van der Waals surface area contributed by atoms with Crippen LogP contribution in [0.25, 0.3) is 0 Å². The molecule has 0 atom stereocenters. The lowest BCUT2D eigenvalue weighted by Crippen LogP contribution is -2.22. The van der Waals surface area contributed by atoms with Crippen LogP contribution < -0.4 is 14.8 Å². The Morgan fingerprint density at radius 1 is 1.28 bits per heavy atom. The predicted molar refractivity (Wildman–Crippen MR) is 94.6 cm³/mol. The molecule has 0 unspecified atom stereocenters. The summed E-state index contributed by atoms with van der Waals surface area (Å²) in [4.78, 5) is 11.5. The first-order chi connectivity index (χ1) is 11.6. The molecule has 25 heavy (non-hydrogen) atoms. The summed E-state index contributed by atoms with van der Waals surface area (Å²) < 4.78 is 29.0. The van der Waals surface area contributed by atoms with Crippen molar-refractivity contribution in [1.82, 2.24) is 0 Å². The molecule has 0 aliphatic heterocycles. The third kappa shape index (κ3) is 4.38. The quantitative estimate of drug-likeness (QED) is 0.603. The lowest BCUT2D eigenvalue weighted by molar-refractivity contribution is -0.385. The highest BCUT2D eigenvalue weighted by Crippen LogP contribution is 2.31. The number of non-ortho nitro benzene ring substituents is 1. The molecule has 0 saturated carbocycles. The minimum atomic E-state index is -4.15. The molecule has 0 aliphatic carbocycles. The van der Waals surface area contributed by atoms with Crippen molar-refractivity contribution in [2.45, 2.75) is 11.4 Å². The summed E-state index contributed by atoms with van der Waals surface area (Å²) >= 11 is 6.00. The van der Waals surface area contributed by atoms with E-state index in [1.54, 1.807) is 30.1 Å². The number of sulfonamides is 1. The molecule has 0 saturated heterocycles. The highest BCUT2D eigenvalue weighted by molar-refractivity contribution is 7.89. The summed E-state index contributed by atoms with van der Waals surface area (Å²) in [7, 11) is -1.01. The molecule has 134 valence electrons. The fourth-order valence-electron chi connectivity index (χ4n) is 2.37. The largest absolute Gasteiger partial charge is 0.496 e. The number of nitrogens with two attached hydrogens (primary N) is 1. The second-order valence-electron chi connectivity index (χ2n) is 5.27. The van der Waals surface area contributed by atoms with Crippen LogP contribution in [0.2, 0.25) is 5.02 Å². The van der Waals surface area contributed by atoms with Crippen LogP contribution in [0.4, 0.5) is 11.4 Å². The maximum Gasteiger partial charge on any atom is 0.270 e. The molecule has 0 fully saturated rings. The Hall–Kier alpha value is -2.36. The number of nitro benzene ring substituents is 1. The maximum atomic E-state index is 11.8. The minimum absolute atomic E-state index is 0.232. The number of benzene rings is 2. The molecule has 8 nitrogen and oxygen atoms in total. The second kappa shape index (κ2) is 7.26. The van der Waals surface area contributed by atoms with E-state index in [2.05, 4.69) is 0 Å². The Labute approximate surface area is 150 Å². The van der Waals surface area contributed by atoms with Crippen molar-refractivity contribution in [3.8, 4) is 5.75 Å². The van der Waals surface area contributed by atoms with Crippen molar-refractivity contribution >= 4 is 33.0 Å². The van der Waals surface area contributed by atoms with E-state index in [4.69, 9.17) is 21.5 Å². The molecule has 10 heteroatoms. The van der Waals surface area contributed by atoms with Gasteiger partial charge in [0.05, 0.1) is 17.7 Å². The highest BCUT2D eigenvalue weighted by atomic mass is 35.5. The Kier molecular flexibility index (Phi) is 5.51. The van der Waals surface area contributed by atoms with Crippen LogP contribution >= 0.6 is 11.6 Å². The van der Waals surface area contributed by atoms with Gasteiger partial charge in [-0.15, -0.1) is 0 Å². The van der Waals surface area contributed by atoms with Crippen LogP contribution in [0, 0.1) is 10.1 Å². The van der Waals surface area contributed by atoms with E-state index >= 15 is 0 Å². The number of primary sulfonamides is 1. The van der Waals surface area contributed by atoms with E-state index in [0.717, 1.165) is 11.6 Å². The van der Waals surface area contributed by atoms with E-state index in [1.807, 2.05) is 0 Å². The zero-order valence-corrected chi connectivity index (χ0v) is 15.0. The lowest BCUT2D eigenvalue weighted by Gasteiger charge is -2.23. The van der Waals surface area contributed by atoms with Crippen molar-refractivity contribution in [3.63, 3.8) is 0 Å². The highest BCUT2D eigenvalue weighted by Gasteiger charge is 2.21. The van der Waals surface area contributed by atoms with Crippen LogP contribution in [0.15, 0.2) is 41.3 Å². The summed E-state index contributed by atoms with van der Waals surface area (Å²) in [5, 5.41) is 16.6. The monoisotopic (exact) mass is 385 g/mol. The van der Waals surface area contributed by atoms with E-state index in [1.165, 1.54) is 19.2 Å². The van der Waals surface area contributed by atoms with Crippen molar-refractivity contribution < 1.29 is 18.1 Å². The molecule has 2 aromatic rings. The van der Waals surface area contributed by atoms with Gasteiger partial charge in [-0.25, -0.2) is 13.6 Å². The lowest BCUT2D eigenvalue weighted by atomic mass is 10.1. The topological polar surface area (TPSA) is 116 Å². The molecular weight excluding hydrogens is 370 g/mol. The molecule has 0 spiro atoms. The summed E-state index contributed by atoms with van der Waals surface area (Å²) in [6, 6.07) is 8.56. The van der Waals surface area contributed by atoms with Crippen LogP contribution in [0.3, 0.4) is 0 Å². The van der Waals surface area contributed by atoms with Crippen molar-refractivity contribution in [2.24, 2.45) is 5.14 Å². The molecule has 0 radical (unpaired) electrons. The van der Waals surface area contributed by atoms with E-state index in [-0.39, 0.29) is 22.8 Å². The zero-order chi connectivity index (χ0) is 18.8. The van der Waals surface area contributed by atoms with Gasteiger partial charge < -0.3 is 9.64 Å². The normalized spacial score (nSPS) is 11.2. The molecular formula is C15H16ClN3O5S. The smallest absolute Gasteiger partial charge is 0.270 e. The number of ether oxygens (including phenoxy) is 1. The number of hydrogen-bond acceptors (Lipinski definition) is 6. The summed E-state index contributed by atoms with van der Waals surface area (Å²) in [5.41, 5.74) is 0.591. The van der Waals surface area contributed by atoms with Crippen molar-refractivity contribution in [2.75, 3.05) is 19.1 Å². The van der Waals surface area contributed by atoms with Gasteiger partial charge in [-0.1, -0.05) is 11.6 Å². The van der Waals surface area contributed by atoms with E-state index < -0.39 is 14.9 Å². The summed E-state index contributed by atoms with van der Waals surface area (Å²) in [5.74, 6) is 0.579. The number of methoxy groups -OCH3 is 1. The summed E-state index contributed by atoms with van der Waals surface area (Å²) in [6.45, 7) is 0.254. The third-order valence-corrected chi connectivity index (χ3v) is 4.70. The van der Waals surface area contributed by atoms with Gasteiger partial charge in [0, 0.05) is 36.3 Å². The fourth-order valence-corrected chi connectivity index (χ4v) is 3.37. The minimum Gasteiger partial charge on any atom is -0.496 e. The molecule has 0 amide bonds. The van der Waals surface area contributed by atoms with Crippen LogP contribution in [0.1, 0.15) is 5.56 Å². The average Bonchev–Trinajstić information content (AvgIpc) is 2.53. The molecule has 0 bridgehead atoms. The second-order valence-corrected chi connectivity index (χ2v) is 7.23. The number of halogens is 1. The number of anilines is 1. The maximum absolute atomic E-state index is 11.8. The first-order valence-corrected chi connectivity index (χ1v) is 8.90. The SMILES string of the molecule is COc1ccc(Cl)cc1CN(C)c1ccc([N+](=O)[O-])cc1S(N)(=O)=O. The number of nitro groups is 1. The van der Waals surface area contributed by atoms with Gasteiger partial charge >= 0.3 is 0 Å². The number of nitrogens with zero attached hydrogens (tertiary/aromatic N) is 2. The Morgan fingerprint density at radius 3 is 2.52 bits per heavy atom. The Balaban J connectivity index is 2.48. The third-order valence-electron chi connectivity index (χ3n) is 3.52. The van der Waals surface area contributed by atoms with Gasteiger partial charge in [-0.3, -0.25) is 10.1 Å². The van der Waals surface area contributed by atoms with Crippen LogP contribution in [0.5, 0.6) is 5.75 Å².